The fourth-order valence-corrected chi connectivity index (χ4v) is 3.52. The average molecular weight is 353 g/mol. The van der Waals surface area contributed by atoms with Crippen LogP contribution in [-0.2, 0) is 11.3 Å². The van der Waals surface area contributed by atoms with Crippen molar-refractivity contribution in [2.75, 3.05) is 13.1 Å². The lowest BCUT2D eigenvalue weighted by atomic mass is 9.96. The van der Waals surface area contributed by atoms with Gasteiger partial charge in [-0.2, -0.15) is 0 Å². The molecule has 1 aromatic heterocycles. The summed E-state index contributed by atoms with van der Waals surface area (Å²) in [5.74, 6) is -0.116. The van der Waals surface area contributed by atoms with Gasteiger partial charge >= 0.3 is 0 Å². The molecule has 26 heavy (non-hydrogen) atoms. The van der Waals surface area contributed by atoms with Gasteiger partial charge < -0.3 is 15.2 Å². The van der Waals surface area contributed by atoms with Crippen molar-refractivity contribution < 1.29 is 9.59 Å². The predicted molar refractivity (Wildman–Crippen MR) is 102 cm³/mol. The summed E-state index contributed by atoms with van der Waals surface area (Å²) in [5.41, 5.74) is 4.90. The topological polar surface area (TPSA) is 65.2 Å². The Morgan fingerprint density at radius 3 is 2.54 bits per heavy atom. The molecule has 1 fully saturated rings. The van der Waals surface area contributed by atoms with Crippen LogP contribution in [0.1, 0.15) is 45.7 Å². The number of hydrogen-bond donors (Lipinski definition) is 2. The van der Waals surface area contributed by atoms with Gasteiger partial charge in [0.25, 0.3) is 5.91 Å². The second-order valence-corrected chi connectivity index (χ2v) is 7.17. The Balaban J connectivity index is 1.62. The third-order valence-corrected chi connectivity index (χ3v) is 5.42. The normalized spacial score (nSPS) is 17.2. The van der Waals surface area contributed by atoms with Crippen LogP contribution in [0.15, 0.2) is 30.3 Å². The van der Waals surface area contributed by atoms with Crippen LogP contribution >= 0.6 is 0 Å². The first kappa shape index (κ1) is 18.2. The molecule has 0 unspecified atom stereocenters. The molecule has 0 bridgehead atoms. The summed E-state index contributed by atoms with van der Waals surface area (Å²) in [6.07, 6.45) is 1.68. The summed E-state index contributed by atoms with van der Waals surface area (Å²) in [5, 5.41) is 3.01. The molecule has 2 aromatic rings. The number of nitrogens with zero attached hydrogens (tertiary/aromatic N) is 1. The van der Waals surface area contributed by atoms with Crippen LogP contribution in [0.2, 0.25) is 0 Å². The molecule has 1 saturated heterocycles. The number of carbonyl (C=O) groups is 2. The van der Waals surface area contributed by atoms with E-state index >= 15 is 0 Å². The molecule has 1 aliphatic heterocycles. The highest BCUT2D eigenvalue weighted by atomic mass is 16.2. The molecule has 5 heteroatoms. The smallest absolute Gasteiger partial charge is 0.270 e. The summed E-state index contributed by atoms with van der Waals surface area (Å²) in [4.78, 5) is 30.5. The van der Waals surface area contributed by atoms with Crippen LogP contribution in [0.25, 0.3) is 0 Å². The Morgan fingerprint density at radius 2 is 1.88 bits per heavy atom. The summed E-state index contributed by atoms with van der Waals surface area (Å²) in [6.45, 7) is 7.69. The molecule has 1 aliphatic rings. The maximum Gasteiger partial charge on any atom is 0.270 e. The van der Waals surface area contributed by atoms with Crippen molar-refractivity contribution in [2.45, 2.75) is 40.2 Å². The van der Waals surface area contributed by atoms with Crippen LogP contribution in [0.3, 0.4) is 0 Å². The molecular weight excluding hydrogens is 326 g/mol. The van der Waals surface area contributed by atoms with Crippen molar-refractivity contribution in [1.29, 1.82) is 0 Å². The van der Waals surface area contributed by atoms with Crippen LogP contribution < -0.4 is 5.32 Å². The highest BCUT2D eigenvalue weighted by Gasteiger charge is 2.30. The van der Waals surface area contributed by atoms with Gasteiger partial charge in [0.1, 0.15) is 5.69 Å². The third-order valence-electron chi connectivity index (χ3n) is 5.42. The first-order chi connectivity index (χ1) is 12.5. The fraction of sp³-hybridized carbons (Fsp3) is 0.429. The second-order valence-electron chi connectivity index (χ2n) is 7.17. The largest absolute Gasteiger partial charge is 0.354 e. The number of hydrogen-bond acceptors (Lipinski definition) is 2. The van der Waals surface area contributed by atoms with E-state index in [-0.39, 0.29) is 17.7 Å². The van der Waals surface area contributed by atoms with E-state index in [9.17, 15) is 9.59 Å². The van der Waals surface area contributed by atoms with E-state index < -0.39 is 0 Å². The Hall–Kier alpha value is -2.56. The van der Waals surface area contributed by atoms with Gasteiger partial charge in [-0.15, -0.1) is 0 Å². The first-order valence-corrected chi connectivity index (χ1v) is 9.24. The van der Waals surface area contributed by atoms with Crippen molar-refractivity contribution in [3.8, 4) is 0 Å². The van der Waals surface area contributed by atoms with E-state index in [4.69, 9.17) is 0 Å². The zero-order chi connectivity index (χ0) is 18.7. The van der Waals surface area contributed by atoms with Gasteiger partial charge in [-0.25, -0.2) is 0 Å². The van der Waals surface area contributed by atoms with E-state index in [0.29, 0.717) is 25.3 Å². The van der Waals surface area contributed by atoms with Gasteiger partial charge in [0.05, 0.1) is 5.92 Å². The maximum atomic E-state index is 12.9. The van der Waals surface area contributed by atoms with E-state index in [0.717, 1.165) is 35.2 Å². The minimum atomic E-state index is -0.145. The van der Waals surface area contributed by atoms with E-state index in [2.05, 4.69) is 10.3 Å². The molecule has 5 nitrogen and oxygen atoms in total. The van der Waals surface area contributed by atoms with Crippen LogP contribution in [0, 0.1) is 26.7 Å². The predicted octanol–water partition coefficient (Wildman–Crippen LogP) is 3.11. The minimum Gasteiger partial charge on any atom is -0.354 e. The molecule has 1 atom stereocenters. The molecule has 0 saturated carbocycles. The highest BCUT2D eigenvalue weighted by Crippen LogP contribution is 2.22. The van der Waals surface area contributed by atoms with Crippen LogP contribution in [-0.4, -0.2) is 34.8 Å². The van der Waals surface area contributed by atoms with Crippen molar-refractivity contribution in [1.82, 2.24) is 15.2 Å². The summed E-state index contributed by atoms with van der Waals surface area (Å²) >= 11 is 0. The number of nitrogens with one attached hydrogen (secondary N) is 2. The molecule has 138 valence electrons. The van der Waals surface area contributed by atoms with Crippen LogP contribution in [0.5, 0.6) is 0 Å². The van der Waals surface area contributed by atoms with Gasteiger partial charge in [0.2, 0.25) is 5.91 Å². The van der Waals surface area contributed by atoms with Crippen LogP contribution in [0.4, 0.5) is 0 Å². The zero-order valence-corrected chi connectivity index (χ0v) is 15.8. The summed E-state index contributed by atoms with van der Waals surface area (Å²) in [7, 11) is 0. The van der Waals surface area contributed by atoms with E-state index in [1.807, 2.05) is 56.0 Å². The van der Waals surface area contributed by atoms with Gasteiger partial charge in [0, 0.05) is 25.3 Å². The number of aromatic amines is 1. The maximum absolute atomic E-state index is 12.9. The molecule has 3 rings (SSSR count). The molecule has 0 spiro atoms. The number of rotatable bonds is 4. The number of amides is 2. The summed E-state index contributed by atoms with van der Waals surface area (Å²) < 4.78 is 0. The monoisotopic (exact) mass is 353 g/mol. The fourth-order valence-electron chi connectivity index (χ4n) is 3.52. The summed E-state index contributed by atoms with van der Waals surface area (Å²) in [6, 6.07) is 9.88. The number of H-pyrrole nitrogens is 1. The number of likely N-dealkylation sites (tertiary alicyclic amines) is 1. The Morgan fingerprint density at radius 1 is 1.15 bits per heavy atom. The standard InChI is InChI=1S/C21H27N3O2/c1-14-15(2)19(23-16(14)3)21(26)24-11-7-10-18(13-24)20(25)22-12-17-8-5-4-6-9-17/h4-6,8-9,18,23H,7,10-13H2,1-3H3,(H,22,25)/t18-/m1/s1. The number of piperidine rings is 1. The number of aromatic nitrogens is 1. The Labute approximate surface area is 154 Å². The van der Waals surface area contributed by atoms with Crippen molar-refractivity contribution >= 4 is 11.8 Å². The quantitative estimate of drug-likeness (QED) is 0.887. The first-order valence-electron chi connectivity index (χ1n) is 9.24. The Bertz CT molecular complexity index is 795. The average Bonchev–Trinajstić information content (AvgIpc) is 2.93. The lowest BCUT2D eigenvalue weighted by Gasteiger charge is -2.32. The van der Waals surface area contributed by atoms with E-state index in [1.165, 1.54) is 0 Å². The zero-order valence-electron chi connectivity index (χ0n) is 15.8. The minimum absolute atomic E-state index is 0.000686. The molecule has 1 aromatic carbocycles. The van der Waals surface area contributed by atoms with Crippen molar-refractivity contribution in [3.63, 3.8) is 0 Å². The second kappa shape index (κ2) is 7.77. The van der Waals surface area contributed by atoms with Gasteiger partial charge in [0.15, 0.2) is 0 Å². The lowest BCUT2D eigenvalue weighted by molar-refractivity contribution is -0.126. The van der Waals surface area contributed by atoms with Crippen molar-refractivity contribution in [3.05, 3.63) is 58.4 Å². The van der Waals surface area contributed by atoms with Gasteiger partial charge in [-0.1, -0.05) is 30.3 Å². The number of aryl methyl sites for hydroxylation is 1. The molecule has 2 heterocycles. The van der Waals surface area contributed by atoms with Gasteiger partial charge in [-0.3, -0.25) is 9.59 Å². The lowest BCUT2D eigenvalue weighted by Crippen LogP contribution is -2.45. The molecular formula is C21H27N3O2. The molecule has 2 N–H and O–H groups in total. The third kappa shape index (κ3) is 3.82. The Kier molecular flexibility index (Phi) is 5.45. The SMILES string of the molecule is Cc1[nH]c(C(=O)N2CCC[C@@H](C(=O)NCc3ccccc3)C2)c(C)c1C. The van der Waals surface area contributed by atoms with E-state index in [1.54, 1.807) is 0 Å². The number of carbonyl (C=O) groups excluding carboxylic acids is 2. The highest BCUT2D eigenvalue weighted by molar-refractivity contribution is 5.95. The number of benzene rings is 1. The molecule has 0 radical (unpaired) electrons. The molecule has 0 aliphatic carbocycles. The van der Waals surface area contributed by atoms with Gasteiger partial charge in [-0.05, 0) is 50.3 Å². The van der Waals surface area contributed by atoms with Crippen molar-refractivity contribution in [2.24, 2.45) is 5.92 Å². The molecule has 2 amide bonds.